The number of phenols is 2. The van der Waals surface area contributed by atoms with Crippen LogP contribution in [0.5, 0.6) is 11.5 Å². The van der Waals surface area contributed by atoms with Gasteiger partial charge < -0.3 is 14.8 Å². The van der Waals surface area contributed by atoms with E-state index >= 15 is 0 Å². The number of nitrogens with zero attached hydrogens (tertiary/aromatic N) is 2. The lowest BCUT2D eigenvalue weighted by Gasteiger charge is -2.05. The van der Waals surface area contributed by atoms with Gasteiger partial charge in [0.2, 0.25) is 4.80 Å². The molecule has 118 valence electrons. The normalized spacial score (nSPS) is 11.6. The van der Waals surface area contributed by atoms with Crippen molar-refractivity contribution in [3.63, 3.8) is 0 Å². The Hall–Kier alpha value is -2.28. The minimum atomic E-state index is -0.568. The number of rotatable bonds is 5. The Labute approximate surface area is 132 Å². The molecule has 0 aliphatic carbocycles. The number of benzene rings is 1. The van der Waals surface area contributed by atoms with Crippen molar-refractivity contribution in [2.45, 2.75) is 33.2 Å². The molecule has 1 heterocycles. The first-order valence-electron chi connectivity index (χ1n) is 7.04. The van der Waals surface area contributed by atoms with Crippen LogP contribution in [0.25, 0.3) is 0 Å². The lowest BCUT2D eigenvalue weighted by atomic mass is 10.2. The van der Waals surface area contributed by atoms with Gasteiger partial charge in [-0.3, -0.25) is 4.79 Å². The Bertz CT molecular complexity index is 734. The topological polar surface area (TPSA) is 86.9 Å². The number of amides is 1. The van der Waals surface area contributed by atoms with Crippen molar-refractivity contribution < 1.29 is 15.0 Å². The van der Waals surface area contributed by atoms with E-state index in [4.69, 9.17) is 0 Å². The molecule has 0 saturated heterocycles. The van der Waals surface area contributed by atoms with Crippen LogP contribution in [0.3, 0.4) is 0 Å². The molecule has 2 rings (SSSR count). The number of hydrogen-bond acceptors (Lipinski definition) is 5. The Morgan fingerprint density at radius 2 is 2.18 bits per heavy atom. The van der Waals surface area contributed by atoms with E-state index in [2.05, 4.69) is 17.5 Å². The number of hydrogen-bond donors (Lipinski definition) is 3. The smallest absolute Gasteiger partial charge is 0.275 e. The van der Waals surface area contributed by atoms with Crippen molar-refractivity contribution in [2.75, 3.05) is 0 Å². The molecule has 0 spiro atoms. The van der Waals surface area contributed by atoms with Gasteiger partial charge >= 0.3 is 0 Å². The molecule has 0 bridgehead atoms. The molecule has 3 N–H and O–H groups in total. The van der Waals surface area contributed by atoms with Gasteiger partial charge in [0.25, 0.3) is 5.91 Å². The predicted molar refractivity (Wildman–Crippen MR) is 84.8 cm³/mol. The van der Waals surface area contributed by atoms with E-state index < -0.39 is 5.91 Å². The van der Waals surface area contributed by atoms with Gasteiger partial charge in [-0.1, -0.05) is 13.3 Å². The molecule has 0 unspecified atom stereocenters. The third-order valence-electron chi connectivity index (χ3n) is 3.20. The highest BCUT2D eigenvalue weighted by molar-refractivity contribution is 7.07. The average molecular weight is 321 g/mol. The number of carbonyl (C=O) groups is 1. The summed E-state index contributed by atoms with van der Waals surface area (Å²) in [6.45, 7) is 4.96. The number of unbranched alkanes of at least 4 members (excludes halogenated alkanes) is 1. The van der Waals surface area contributed by atoms with Crippen LogP contribution in [0.1, 0.15) is 35.8 Å². The van der Waals surface area contributed by atoms with Gasteiger partial charge in [0.15, 0.2) is 0 Å². The molecule has 0 saturated carbocycles. The molecule has 6 nitrogen and oxygen atoms in total. The summed E-state index contributed by atoms with van der Waals surface area (Å²) in [7, 11) is 0. The second-order valence-electron chi connectivity index (χ2n) is 4.92. The molecule has 0 atom stereocenters. The third-order valence-corrected chi connectivity index (χ3v) is 4.19. The van der Waals surface area contributed by atoms with Crippen molar-refractivity contribution >= 4 is 17.2 Å². The summed E-state index contributed by atoms with van der Waals surface area (Å²) < 4.78 is 2.04. The van der Waals surface area contributed by atoms with Gasteiger partial charge in [-0.25, -0.2) is 5.43 Å². The first-order chi connectivity index (χ1) is 10.5. The van der Waals surface area contributed by atoms with E-state index in [1.165, 1.54) is 29.5 Å². The van der Waals surface area contributed by atoms with Crippen LogP contribution in [0.4, 0.5) is 0 Å². The summed E-state index contributed by atoms with van der Waals surface area (Å²) in [4.78, 5) is 12.7. The Morgan fingerprint density at radius 1 is 1.41 bits per heavy atom. The molecule has 2 aromatic rings. The van der Waals surface area contributed by atoms with E-state index in [0.29, 0.717) is 4.80 Å². The van der Waals surface area contributed by atoms with E-state index in [-0.39, 0.29) is 17.1 Å². The Balaban J connectivity index is 2.21. The number of phenolic OH excluding ortho intramolecular Hbond substituents is 2. The quantitative estimate of drug-likeness (QED) is 0.583. The molecule has 0 radical (unpaired) electrons. The molecule has 0 aliphatic rings. The van der Waals surface area contributed by atoms with Gasteiger partial charge in [-0.05, 0) is 31.5 Å². The standard InChI is InChI=1S/C15H19N3O3S/c1-3-4-7-18-10(2)9-22-15(18)17-16-14(21)12-8-11(19)5-6-13(12)20/h5-6,8-9,19-20H,3-4,7H2,1-2H3,(H,16,21)/b17-15+. The number of aromatic nitrogens is 1. The van der Waals surface area contributed by atoms with Crippen LogP contribution in [0.2, 0.25) is 0 Å². The lowest BCUT2D eigenvalue weighted by molar-refractivity contribution is 0.0949. The molecule has 0 aliphatic heterocycles. The molecule has 0 fully saturated rings. The lowest BCUT2D eigenvalue weighted by Crippen LogP contribution is -2.25. The van der Waals surface area contributed by atoms with E-state index in [9.17, 15) is 15.0 Å². The summed E-state index contributed by atoms with van der Waals surface area (Å²) in [5.41, 5.74) is 3.49. The summed E-state index contributed by atoms with van der Waals surface area (Å²) in [6.07, 6.45) is 2.11. The maximum atomic E-state index is 12.0. The molecular weight excluding hydrogens is 302 g/mol. The summed E-state index contributed by atoms with van der Waals surface area (Å²) in [5, 5.41) is 25.1. The second-order valence-corrected chi connectivity index (χ2v) is 5.76. The zero-order chi connectivity index (χ0) is 16.1. The van der Waals surface area contributed by atoms with Crippen LogP contribution in [0, 0.1) is 6.92 Å². The minimum Gasteiger partial charge on any atom is -0.508 e. The van der Waals surface area contributed by atoms with Crippen LogP contribution in [0.15, 0.2) is 28.7 Å². The number of thiazole rings is 1. The highest BCUT2D eigenvalue weighted by Gasteiger charge is 2.11. The Kier molecular flexibility index (Phi) is 5.21. The molecular formula is C15H19N3O3S. The third kappa shape index (κ3) is 3.67. The highest BCUT2D eigenvalue weighted by Crippen LogP contribution is 2.21. The summed E-state index contributed by atoms with van der Waals surface area (Å²) in [6, 6.07) is 3.77. The van der Waals surface area contributed by atoms with Gasteiger partial charge in [0, 0.05) is 17.6 Å². The van der Waals surface area contributed by atoms with Crippen molar-refractivity contribution in [1.82, 2.24) is 9.99 Å². The summed E-state index contributed by atoms with van der Waals surface area (Å²) in [5.74, 6) is -0.860. The zero-order valence-electron chi connectivity index (χ0n) is 12.5. The average Bonchev–Trinajstić information content (AvgIpc) is 2.85. The number of aromatic hydroxyl groups is 2. The van der Waals surface area contributed by atoms with Gasteiger partial charge in [0.1, 0.15) is 11.5 Å². The first kappa shape index (κ1) is 16.1. The zero-order valence-corrected chi connectivity index (χ0v) is 13.4. The molecule has 1 aromatic heterocycles. The monoisotopic (exact) mass is 321 g/mol. The molecule has 1 aromatic carbocycles. The number of nitrogens with one attached hydrogen (secondary N) is 1. The van der Waals surface area contributed by atoms with Crippen LogP contribution >= 0.6 is 11.3 Å². The first-order valence-corrected chi connectivity index (χ1v) is 7.92. The fourth-order valence-corrected chi connectivity index (χ4v) is 2.82. The van der Waals surface area contributed by atoms with Crippen LogP contribution in [-0.4, -0.2) is 20.7 Å². The number of carbonyl (C=O) groups excluding carboxylic acids is 1. The number of aryl methyl sites for hydroxylation is 1. The van der Waals surface area contributed by atoms with E-state index in [1.54, 1.807) is 0 Å². The van der Waals surface area contributed by atoms with Crippen LogP contribution in [-0.2, 0) is 6.54 Å². The minimum absolute atomic E-state index is 0.0165. The van der Waals surface area contributed by atoms with E-state index in [1.807, 2.05) is 16.9 Å². The van der Waals surface area contributed by atoms with Crippen molar-refractivity contribution in [1.29, 1.82) is 0 Å². The Morgan fingerprint density at radius 3 is 2.91 bits per heavy atom. The SMILES string of the molecule is CCCCn1c(C)cs/c1=N/NC(=O)c1cc(O)ccc1O. The van der Waals surface area contributed by atoms with Gasteiger partial charge in [-0.15, -0.1) is 16.4 Å². The van der Waals surface area contributed by atoms with Gasteiger partial charge in [0.05, 0.1) is 5.56 Å². The largest absolute Gasteiger partial charge is 0.508 e. The molecule has 7 heteroatoms. The van der Waals surface area contributed by atoms with E-state index in [0.717, 1.165) is 25.1 Å². The fraction of sp³-hybridized carbons (Fsp3) is 0.333. The predicted octanol–water partition coefficient (Wildman–Crippen LogP) is 2.32. The van der Waals surface area contributed by atoms with Crippen molar-refractivity contribution in [2.24, 2.45) is 5.10 Å². The maximum Gasteiger partial charge on any atom is 0.275 e. The summed E-state index contributed by atoms with van der Waals surface area (Å²) >= 11 is 1.44. The fourth-order valence-electron chi connectivity index (χ4n) is 1.96. The van der Waals surface area contributed by atoms with Crippen molar-refractivity contribution in [3.8, 4) is 11.5 Å². The highest BCUT2D eigenvalue weighted by atomic mass is 32.1. The van der Waals surface area contributed by atoms with Gasteiger partial charge in [-0.2, -0.15) is 0 Å². The molecule has 1 amide bonds. The molecule has 22 heavy (non-hydrogen) atoms. The second kappa shape index (κ2) is 7.13. The van der Waals surface area contributed by atoms with Crippen LogP contribution < -0.4 is 10.2 Å². The van der Waals surface area contributed by atoms with Crippen molar-refractivity contribution in [3.05, 3.63) is 39.6 Å². The maximum absolute atomic E-state index is 12.0.